The smallest absolute Gasteiger partial charge is 0.145 e. The van der Waals surface area contributed by atoms with Gasteiger partial charge in [-0.05, 0) is 116 Å². The molecule has 0 heterocycles. The first kappa shape index (κ1) is 28.9. The van der Waals surface area contributed by atoms with Crippen LogP contribution in [-0.4, -0.2) is 0 Å². The SMILES string of the molecule is N#Cc1cc(N)ccc1Oc1cc(Oc2ccc(N)cc2C#N)c(C2C3CC4CC(C3)CC2C4)c(Oc2ccc(N)cc2C#N)c1. The van der Waals surface area contributed by atoms with Crippen LogP contribution in [0.25, 0.3) is 0 Å². The van der Waals surface area contributed by atoms with Gasteiger partial charge in [0.2, 0.25) is 0 Å². The van der Waals surface area contributed by atoms with Gasteiger partial charge in [0.15, 0.2) is 0 Å². The van der Waals surface area contributed by atoms with Gasteiger partial charge in [-0.2, -0.15) is 15.8 Å². The molecule has 4 aromatic rings. The van der Waals surface area contributed by atoms with Gasteiger partial charge in [-0.15, -0.1) is 0 Å². The van der Waals surface area contributed by atoms with Crippen molar-refractivity contribution in [3.05, 3.63) is 89.0 Å². The highest BCUT2D eigenvalue weighted by atomic mass is 16.5. The predicted octanol–water partition coefficient (Wildman–Crippen LogP) is 7.96. The Hall–Kier alpha value is -5.85. The van der Waals surface area contributed by atoms with Crippen molar-refractivity contribution in [2.45, 2.75) is 38.0 Å². The number of nitrogens with two attached hydrogens (primary N) is 3. The fourth-order valence-electron chi connectivity index (χ4n) is 8.07. The van der Waals surface area contributed by atoms with Gasteiger partial charge >= 0.3 is 0 Å². The Morgan fingerprint density at radius 1 is 0.500 bits per heavy atom. The van der Waals surface area contributed by atoms with E-state index < -0.39 is 0 Å². The van der Waals surface area contributed by atoms with Gasteiger partial charge < -0.3 is 31.4 Å². The molecular weight excluding hydrogens is 576 g/mol. The third-order valence-corrected chi connectivity index (χ3v) is 9.68. The molecule has 0 aromatic heterocycles. The quantitative estimate of drug-likeness (QED) is 0.175. The summed E-state index contributed by atoms with van der Waals surface area (Å²) in [6, 6.07) is 24.9. The molecule has 0 unspecified atom stereocenters. The molecule has 46 heavy (non-hydrogen) atoms. The van der Waals surface area contributed by atoms with Crippen LogP contribution in [0.15, 0.2) is 66.7 Å². The van der Waals surface area contributed by atoms with Crippen LogP contribution < -0.4 is 31.4 Å². The van der Waals surface area contributed by atoms with E-state index in [1.165, 1.54) is 6.42 Å². The molecule has 8 rings (SSSR count). The molecule has 4 bridgehead atoms. The Kier molecular flexibility index (Phi) is 7.27. The largest absolute Gasteiger partial charge is 0.456 e. The first-order valence-corrected chi connectivity index (χ1v) is 15.4. The second-order valence-corrected chi connectivity index (χ2v) is 12.7. The van der Waals surface area contributed by atoms with Crippen LogP contribution in [0.1, 0.15) is 60.3 Å². The van der Waals surface area contributed by atoms with Crippen molar-refractivity contribution in [2.75, 3.05) is 17.2 Å². The van der Waals surface area contributed by atoms with Crippen molar-refractivity contribution in [3.63, 3.8) is 0 Å². The molecule has 9 heteroatoms. The summed E-state index contributed by atoms with van der Waals surface area (Å²) in [5, 5.41) is 29.7. The first-order valence-electron chi connectivity index (χ1n) is 15.4. The number of hydrogen-bond acceptors (Lipinski definition) is 9. The number of ether oxygens (including phenoxy) is 3. The third-order valence-electron chi connectivity index (χ3n) is 9.68. The fraction of sp³-hybridized carbons (Fsp3) is 0.270. The van der Waals surface area contributed by atoms with E-state index in [4.69, 9.17) is 31.4 Å². The van der Waals surface area contributed by atoms with Crippen molar-refractivity contribution >= 4 is 17.1 Å². The summed E-state index contributed by atoms with van der Waals surface area (Å²) in [5.41, 5.74) is 21.0. The van der Waals surface area contributed by atoms with Crippen LogP contribution in [0.3, 0.4) is 0 Å². The molecule has 0 atom stereocenters. The lowest BCUT2D eigenvalue weighted by atomic mass is 9.50. The maximum Gasteiger partial charge on any atom is 0.145 e. The van der Waals surface area contributed by atoms with Crippen LogP contribution in [0, 0.1) is 57.7 Å². The van der Waals surface area contributed by atoms with Crippen molar-refractivity contribution in [2.24, 2.45) is 23.7 Å². The summed E-state index contributed by atoms with van der Waals surface area (Å²) < 4.78 is 19.6. The van der Waals surface area contributed by atoms with Gasteiger partial charge in [0.25, 0.3) is 0 Å². The van der Waals surface area contributed by atoms with Gasteiger partial charge in [-0.25, -0.2) is 0 Å². The van der Waals surface area contributed by atoms with Crippen LogP contribution in [-0.2, 0) is 0 Å². The molecule has 4 fully saturated rings. The Morgan fingerprint density at radius 2 is 0.891 bits per heavy atom. The fourth-order valence-corrected chi connectivity index (χ4v) is 8.07. The number of anilines is 3. The number of benzene rings is 4. The minimum absolute atomic E-state index is 0.136. The monoisotopic (exact) mass is 608 g/mol. The highest BCUT2D eigenvalue weighted by Crippen LogP contribution is 2.63. The van der Waals surface area contributed by atoms with E-state index in [-0.39, 0.29) is 11.5 Å². The molecule has 4 saturated carbocycles. The van der Waals surface area contributed by atoms with Gasteiger partial charge in [0.1, 0.15) is 52.7 Å². The first-order chi connectivity index (χ1) is 22.3. The van der Waals surface area contributed by atoms with E-state index in [0.29, 0.717) is 74.5 Å². The molecule has 0 radical (unpaired) electrons. The summed E-state index contributed by atoms with van der Waals surface area (Å²) in [4.78, 5) is 0. The number of hydrogen-bond donors (Lipinski definition) is 3. The number of rotatable bonds is 7. The molecule has 0 saturated heterocycles. The molecule has 228 valence electrons. The topological polar surface area (TPSA) is 177 Å². The Morgan fingerprint density at radius 3 is 1.28 bits per heavy atom. The van der Waals surface area contributed by atoms with Gasteiger partial charge in [0, 0.05) is 34.8 Å². The Labute approximate surface area is 267 Å². The summed E-state index contributed by atoms with van der Waals surface area (Å²) in [5.74, 6) is 4.80. The zero-order valence-corrected chi connectivity index (χ0v) is 25.1. The molecule has 4 aromatic carbocycles. The summed E-state index contributed by atoms with van der Waals surface area (Å²) in [7, 11) is 0. The molecule has 6 N–H and O–H groups in total. The van der Waals surface area contributed by atoms with E-state index >= 15 is 0 Å². The lowest BCUT2D eigenvalue weighted by molar-refractivity contribution is -0.00397. The molecule has 9 nitrogen and oxygen atoms in total. The number of nitriles is 3. The molecule has 0 aliphatic heterocycles. The highest BCUT2D eigenvalue weighted by molar-refractivity contribution is 5.62. The Balaban J connectivity index is 1.43. The van der Waals surface area contributed by atoms with E-state index in [9.17, 15) is 15.8 Å². The maximum atomic E-state index is 9.95. The lowest BCUT2D eigenvalue weighted by Gasteiger charge is -2.54. The molecule has 0 amide bonds. The summed E-state index contributed by atoms with van der Waals surface area (Å²) in [6.07, 6.45) is 5.87. The standard InChI is InChI=1S/C37H32N6O3/c38-17-24-12-27(41)1-4-31(24)44-30-15-34(45-32-5-2-28(42)13-25(32)18-39)37(36-22-8-20-7-21(10-22)11-23(36)9-20)35(16-30)46-33-6-3-29(43)14-26(33)19-40/h1-6,12-16,20-23,36H,7-11,41-43H2. The van der Waals surface area contributed by atoms with Gasteiger partial charge in [-0.1, -0.05) is 0 Å². The molecule has 4 aliphatic rings. The average Bonchev–Trinajstić information content (AvgIpc) is 3.04. The van der Waals surface area contributed by atoms with Crippen LogP contribution in [0.4, 0.5) is 17.1 Å². The summed E-state index contributed by atoms with van der Waals surface area (Å²) in [6.45, 7) is 0. The maximum absolute atomic E-state index is 9.95. The second kappa shape index (κ2) is 11.6. The van der Waals surface area contributed by atoms with Crippen molar-refractivity contribution in [1.82, 2.24) is 0 Å². The van der Waals surface area contributed by atoms with Crippen molar-refractivity contribution in [3.8, 4) is 52.7 Å². The van der Waals surface area contributed by atoms with Crippen LogP contribution in [0.5, 0.6) is 34.5 Å². The zero-order valence-electron chi connectivity index (χ0n) is 25.1. The third kappa shape index (κ3) is 5.36. The van der Waals surface area contributed by atoms with E-state index in [0.717, 1.165) is 43.1 Å². The average molecular weight is 609 g/mol. The predicted molar refractivity (Wildman–Crippen MR) is 173 cm³/mol. The Bertz CT molecular complexity index is 1870. The normalized spacial score (nSPS) is 22.3. The second-order valence-electron chi connectivity index (χ2n) is 12.7. The van der Waals surface area contributed by atoms with Gasteiger partial charge in [0.05, 0.1) is 16.7 Å². The van der Waals surface area contributed by atoms with Crippen molar-refractivity contribution in [1.29, 1.82) is 15.8 Å². The number of nitrogen functional groups attached to an aromatic ring is 3. The van der Waals surface area contributed by atoms with Gasteiger partial charge in [-0.3, -0.25) is 0 Å². The molecular formula is C37H32N6O3. The molecule has 4 aliphatic carbocycles. The van der Waals surface area contributed by atoms with Crippen molar-refractivity contribution < 1.29 is 14.2 Å². The lowest BCUT2D eigenvalue weighted by Crippen LogP contribution is -2.43. The minimum atomic E-state index is 0.136. The minimum Gasteiger partial charge on any atom is -0.456 e. The summed E-state index contributed by atoms with van der Waals surface area (Å²) >= 11 is 0. The van der Waals surface area contributed by atoms with Crippen LogP contribution in [0.2, 0.25) is 0 Å². The van der Waals surface area contributed by atoms with E-state index in [1.807, 2.05) is 0 Å². The van der Waals surface area contributed by atoms with Crippen LogP contribution >= 0.6 is 0 Å². The zero-order chi connectivity index (χ0) is 31.9. The van der Waals surface area contributed by atoms with E-state index in [2.05, 4.69) is 18.2 Å². The van der Waals surface area contributed by atoms with E-state index in [1.54, 1.807) is 66.7 Å². The number of nitrogens with zero attached hydrogens (tertiary/aromatic N) is 3. The molecule has 0 spiro atoms. The highest BCUT2D eigenvalue weighted by Gasteiger charge is 2.50.